The number of ketones is 1. The zero-order valence-corrected chi connectivity index (χ0v) is 22.6. The Balaban J connectivity index is 0.000000150. The smallest absolute Gasteiger partial charge is 0.258 e. The molecule has 0 atom stereocenters. The van der Waals surface area contributed by atoms with Gasteiger partial charge in [0.2, 0.25) is 0 Å². The fraction of sp³-hybridized carbons (Fsp3) is 0.167. The molecule has 5 aromatic rings. The maximum Gasteiger partial charge on any atom is 0.258 e. The Kier molecular flexibility index (Phi) is 7.14. The molecule has 0 unspecified atom stereocenters. The fourth-order valence-electron chi connectivity index (χ4n) is 5.03. The first kappa shape index (κ1) is 27.1. The van der Waals surface area contributed by atoms with Gasteiger partial charge in [0.1, 0.15) is 23.4 Å². The standard InChI is InChI=1S/C15H8ClFN2O2.C15H13FN4O/c16-14-8(7-18)6-11(17)15(19-14)21-13-3-1-2-9-10(13)4-5-12(9)20;16-11-7-10-13(17)19-20-14(10)18-15(11)21-12-6-2-4-8-3-1-5-9(8)12/h1-3,6H,4-5H2;2,4,6-7H,1,3,5H2,(H3,17,18,19,20). The number of hydrogen-bond acceptors (Lipinski definition) is 8. The molecule has 2 aliphatic rings. The number of aromatic amines is 1. The molecule has 0 saturated heterocycles. The number of halogens is 3. The molecule has 3 aromatic heterocycles. The van der Waals surface area contributed by atoms with Crippen molar-refractivity contribution in [1.82, 2.24) is 20.2 Å². The van der Waals surface area contributed by atoms with Crippen LogP contribution in [0.3, 0.4) is 0 Å². The van der Waals surface area contributed by atoms with Crippen molar-refractivity contribution in [2.24, 2.45) is 0 Å². The molecule has 3 N–H and O–H groups in total. The number of rotatable bonds is 4. The van der Waals surface area contributed by atoms with Crippen LogP contribution in [0.15, 0.2) is 48.5 Å². The molecule has 2 aliphatic carbocycles. The highest BCUT2D eigenvalue weighted by atomic mass is 35.5. The molecule has 0 bridgehead atoms. The highest BCUT2D eigenvalue weighted by molar-refractivity contribution is 6.30. The Bertz CT molecular complexity index is 1920. The molecule has 0 aliphatic heterocycles. The molecule has 0 amide bonds. The van der Waals surface area contributed by atoms with E-state index in [0.717, 1.165) is 36.5 Å². The third kappa shape index (κ3) is 5.08. The van der Waals surface area contributed by atoms with E-state index in [2.05, 4.69) is 26.2 Å². The van der Waals surface area contributed by atoms with E-state index in [1.165, 1.54) is 11.6 Å². The van der Waals surface area contributed by atoms with Crippen LogP contribution in [0.2, 0.25) is 5.15 Å². The Morgan fingerprint density at radius 3 is 2.43 bits per heavy atom. The number of nitrogens with two attached hydrogens (primary N) is 1. The van der Waals surface area contributed by atoms with Crippen molar-refractivity contribution in [3.63, 3.8) is 0 Å². The van der Waals surface area contributed by atoms with Gasteiger partial charge < -0.3 is 15.2 Å². The number of nitrogen functional groups attached to an aromatic ring is 1. The molecular weight excluding hydrogens is 566 g/mol. The van der Waals surface area contributed by atoms with E-state index in [-0.39, 0.29) is 28.3 Å². The zero-order chi connectivity index (χ0) is 29.4. The summed E-state index contributed by atoms with van der Waals surface area (Å²) in [6.07, 6.45) is 4.05. The summed E-state index contributed by atoms with van der Waals surface area (Å²) in [6, 6.07) is 14.9. The minimum Gasteiger partial charge on any atom is -0.436 e. The number of aryl methyl sites for hydroxylation is 1. The molecule has 9 nitrogen and oxygen atoms in total. The average Bonchev–Trinajstić information content (AvgIpc) is 3.71. The van der Waals surface area contributed by atoms with Gasteiger partial charge in [0.05, 0.1) is 10.9 Å². The second-order valence-electron chi connectivity index (χ2n) is 9.67. The Morgan fingerprint density at radius 1 is 0.929 bits per heavy atom. The van der Waals surface area contributed by atoms with Crippen LogP contribution >= 0.6 is 11.6 Å². The van der Waals surface area contributed by atoms with Gasteiger partial charge >= 0.3 is 0 Å². The van der Waals surface area contributed by atoms with Gasteiger partial charge in [0.15, 0.2) is 28.2 Å². The summed E-state index contributed by atoms with van der Waals surface area (Å²) >= 11 is 5.77. The second-order valence-corrected chi connectivity index (χ2v) is 10.0. The predicted molar refractivity (Wildman–Crippen MR) is 150 cm³/mol. The molecule has 42 heavy (non-hydrogen) atoms. The van der Waals surface area contributed by atoms with E-state index in [1.54, 1.807) is 24.3 Å². The lowest BCUT2D eigenvalue weighted by Gasteiger charge is -2.10. The van der Waals surface area contributed by atoms with Gasteiger partial charge in [-0.2, -0.15) is 20.3 Å². The number of fused-ring (bicyclic) bond motifs is 3. The number of Topliss-reactive ketones (excluding diaryl/α,β-unsaturated/α-hetero) is 1. The van der Waals surface area contributed by atoms with Crippen molar-refractivity contribution < 1.29 is 23.0 Å². The molecule has 3 heterocycles. The molecule has 0 spiro atoms. The summed E-state index contributed by atoms with van der Waals surface area (Å²) in [6.45, 7) is 0. The van der Waals surface area contributed by atoms with E-state index < -0.39 is 11.6 Å². The number of benzene rings is 2. The monoisotopic (exact) mass is 586 g/mol. The number of anilines is 1. The average molecular weight is 587 g/mol. The van der Waals surface area contributed by atoms with Gasteiger partial charge in [-0.15, -0.1) is 0 Å². The van der Waals surface area contributed by atoms with Crippen LogP contribution in [-0.4, -0.2) is 25.9 Å². The normalized spacial score (nSPS) is 13.2. The van der Waals surface area contributed by atoms with E-state index >= 15 is 0 Å². The number of nitrogens with one attached hydrogen (secondary N) is 1. The molecule has 0 fully saturated rings. The Labute approximate surface area is 242 Å². The van der Waals surface area contributed by atoms with Crippen molar-refractivity contribution in [2.45, 2.75) is 32.1 Å². The topological polar surface area (TPSA) is 140 Å². The van der Waals surface area contributed by atoms with E-state index in [0.29, 0.717) is 46.8 Å². The third-order valence-electron chi connectivity index (χ3n) is 7.07. The number of hydrogen-bond donors (Lipinski definition) is 2. The molecular formula is C30H21ClF2N6O3. The number of carbonyl (C=O) groups excluding carboxylic acids is 1. The molecule has 2 aromatic carbocycles. The number of carbonyl (C=O) groups is 1. The minimum atomic E-state index is -0.780. The van der Waals surface area contributed by atoms with Crippen LogP contribution in [-0.2, 0) is 19.3 Å². The van der Waals surface area contributed by atoms with Crippen molar-refractivity contribution in [2.75, 3.05) is 5.73 Å². The number of nitrogens with zero attached hydrogens (tertiary/aromatic N) is 4. The summed E-state index contributed by atoms with van der Waals surface area (Å²) < 4.78 is 39.1. The van der Waals surface area contributed by atoms with Crippen molar-refractivity contribution in [3.05, 3.63) is 93.1 Å². The second kappa shape index (κ2) is 11.1. The predicted octanol–water partition coefficient (Wildman–Crippen LogP) is 6.63. The summed E-state index contributed by atoms with van der Waals surface area (Å²) in [5.41, 5.74) is 9.67. The van der Waals surface area contributed by atoms with Crippen molar-refractivity contribution in [1.29, 1.82) is 5.26 Å². The third-order valence-corrected chi connectivity index (χ3v) is 7.35. The van der Waals surface area contributed by atoms with Crippen molar-refractivity contribution in [3.8, 4) is 29.3 Å². The number of H-pyrrole nitrogens is 1. The number of ether oxygens (including phenoxy) is 2. The van der Waals surface area contributed by atoms with Gasteiger partial charge in [0.25, 0.3) is 11.8 Å². The first-order valence-electron chi connectivity index (χ1n) is 13.0. The summed E-state index contributed by atoms with van der Waals surface area (Å²) in [7, 11) is 0. The van der Waals surface area contributed by atoms with Gasteiger partial charge in [-0.1, -0.05) is 35.9 Å². The van der Waals surface area contributed by atoms with Crippen LogP contribution in [0, 0.1) is 23.0 Å². The number of aromatic nitrogens is 4. The Hall–Kier alpha value is -5.08. The molecule has 12 heteroatoms. The minimum absolute atomic E-state index is 0.0433. The van der Waals surface area contributed by atoms with E-state index in [4.69, 9.17) is 32.1 Å². The van der Waals surface area contributed by atoms with E-state index in [1.807, 2.05) is 12.1 Å². The fourth-order valence-corrected chi connectivity index (χ4v) is 5.21. The molecule has 210 valence electrons. The highest BCUT2D eigenvalue weighted by Crippen LogP contribution is 2.36. The molecule has 7 rings (SSSR count). The van der Waals surface area contributed by atoms with Crippen molar-refractivity contribution >= 4 is 34.2 Å². The lowest BCUT2D eigenvalue weighted by Crippen LogP contribution is -1.98. The SMILES string of the molecule is N#Cc1cc(F)c(Oc2cccc3c2CCC3=O)nc1Cl.Nc1[nH]nc2nc(Oc3cccc4c3CCC4)c(F)cc12. The van der Waals surface area contributed by atoms with Gasteiger partial charge in [-0.25, -0.2) is 8.78 Å². The number of nitriles is 1. The van der Waals surface area contributed by atoms with Crippen LogP contribution in [0.5, 0.6) is 23.3 Å². The quantitative estimate of drug-likeness (QED) is 0.224. The van der Waals surface area contributed by atoms with Crippen LogP contribution in [0.25, 0.3) is 11.0 Å². The lowest BCUT2D eigenvalue weighted by molar-refractivity contribution is 0.0994. The number of pyridine rings is 2. The maximum absolute atomic E-state index is 14.1. The summed E-state index contributed by atoms with van der Waals surface area (Å²) in [5, 5.41) is 15.6. The summed E-state index contributed by atoms with van der Waals surface area (Å²) in [4.78, 5) is 19.5. The van der Waals surface area contributed by atoms with E-state index in [9.17, 15) is 13.6 Å². The van der Waals surface area contributed by atoms with Crippen LogP contribution in [0.4, 0.5) is 14.6 Å². The van der Waals surface area contributed by atoms with Crippen LogP contribution in [0.1, 0.15) is 45.5 Å². The summed E-state index contributed by atoms with van der Waals surface area (Å²) in [5.74, 6) is -0.333. The Morgan fingerprint density at radius 2 is 1.64 bits per heavy atom. The van der Waals surface area contributed by atoms with Crippen LogP contribution < -0.4 is 15.2 Å². The first-order chi connectivity index (χ1) is 20.3. The highest BCUT2D eigenvalue weighted by Gasteiger charge is 2.24. The first-order valence-corrected chi connectivity index (χ1v) is 13.4. The lowest BCUT2D eigenvalue weighted by atomic mass is 10.1. The molecule has 0 saturated carbocycles. The molecule has 0 radical (unpaired) electrons. The zero-order valence-electron chi connectivity index (χ0n) is 21.9. The maximum atomic E-state index is 14.1. The van der Waals surface area contributed by atoms with Gasteiger partial charge in [0, 0.05) is 23.6 Å². The van der Waals surface area contributed by atoms with Gasteiger partial charge in [-0.05, 0) is 55.0 Å². The largest absolute Gasteiger partial charge is 0.436 e. The van der Waals surface area contributed by atoms with Gasteiger partial charge in [-0.3, -0.25) is 9.89 Å².